The maximum absolute atomic E-state index is 13.1. The number of carbonyl (C=O) groups is 2. The second kappa shape index (κ2) is 9.06. The van der Waals surface area contributed by atoms with Crippen LogP contribution >= 0.6 is 0 Å². The van der Waals surface area contributed by atoms with Crippen LogP contribution in [0.25, 0.3) is 21.8 Å². The van der Waals surface area contributed by atoms with Gasteiger partial charge >= 0.3 is 0 Å². The molecule has 4 aromatic rings. The molecule has 5 rings (SSSR count). The predicted octanol–water partition coefficient (Wildman–Crippen LogP) is 4.33. The van der Waals surface area contributed by atoms with Gasteiger partial charge in [-0.1, -0.05) is 55.3 Å². The predicted molar refractivity (Wildman–Crippen MR) is 130 cm³/mol. The van der Waals surface area contributed by atoms with E-state index in [1.165, 1.54) is 0 Å². The molecule has 6 nitrogen and oxygen atoms in total. The molecule has 0 unspecified atom stereocenters. The summed E-state index contributed by atoms with van der Waals surface area (Å²) in [6, 6.07) is 21.6. The third-order valence-corrected chi connectivity index (χ3v) is 6.70. The summed E-state index contributed by atoms with van der Waals surface area (Å²) in [6.07, 6.45) is 3.59. The average molecular weight is 441 g/mol. The molecule has 2 atom stereocenters. The number of carbonyl (C=O) groups excluding carboxylic acids is 2. The highest BCUT2D eigenvalue weighted by Crippen LogP contribution is 2.26. The summed E-state index contributed by atoms with van der Waals surface area (Å²) in [6.45, 7) is 0.379. The topological polar surface area (TPSA) is 76.0 Å². The minimum atomic E-state index is -0.238. The number of rotatable bonds is 5. The molecule has 1 fully saturated rings. The molecule has 1 aliphatic carbocycles. The number of fused-ring (bicyclic) bond motifs is 2. The van der Waals surface area contributed by atoms with Crippen molar-refractivity contribution in [2.45, 2.75) is 38.3 Å². The Balaban J connectivity index is 1.26. The zero-order valence-electron chi connectivity index (χ0n) is 18.8. The van der Waals surface area contributed by atoms with Gasteiger partial charge < -0.3 is 15.2 Å². The number of para-hydroxylation sites is 2. The second-order valence-corrected chi connectivity index (χ2v) is 8.83. The Morgan fingerprint density at radius 1 is 0.970 bits per heavy atom. The Bertz CT molecular complexity index is 1330. The van der Waals surface area contributed by atoms with E-state index in [-0.39, 0.29) is 23.8 Å². The van der Waals surface area contributed by atoms with Gasteiger partial charge in [0.2, 0.25) is 5.91 Å². The van der Waals surface area contributed by atoms with E-state index in [0.717, 1.165) is 53.2 Å². The Morgan fingerprint density at radius 2 is 1.73 bits per heavy atom. The molecule has 0 bridgehead atoms. The lowest BCUT2D eigenvalue weighted by Crippen LogP contribution is -2.48. The quantitative estimate of drug-likeness (QED) is 0.485. The molecule has 6 heteroatoms. The average Bonchev–Trinajstić information content (AvgIpc) is 3.19. The first-order chi connectivity index (χ1) is 16.1. The molecule has 2 N–H and O–H groups in total. The maximum Gasteiger partial charge on any atom is 0.268 e. The first kappa shape index (κ1) is 21.2. The van der Waals surface area contributed by atoms with Crippen molar-refractivity contribution in [3.05, 3.63) is 78.1 Å². The molecule has 2 amide bonds. The van der Waals surface area contributed by atoms with Gasteiger partial charge in [0.15, 0.2) is 0 Å². The van der Waals surface area contributed by atoms with Crippen LogP contribution in [0.4, 0.5) is 0 Å². The zero-order chi connectivity index (χ0) is 22.8. The first-order valence-corrected chi connectivity index (χ1v) is 11.6. The molecule has 0 aliphatic heterocycles. The lowest BCUT2D eigenvalue weighted by atomic mass is 9.83. The van der Waals surface area contributed by atoms with E-state index in [1.807, 2.05) is 78.3 Å². The Kier molecular flexibility index (Phi) is 5.82. The first-order valence-electron chi connectivity index (χ1n) is 11.6. The van der Waals surface area contributed by atoms with Crippen LogP contribution in [0.2, 0.25) is 0 Å². The van der Waals surface area contributed by atoms with Crippen molar-refractivity contribution < 1.29 is 9.59 Å². The summed E-state index contributed by atoms with van der Waals surface area (Å²) in [5.74, 6) is -0.389. The number of aryl methyl sites for hydroxylation is 1. The standard InChI is InChI=1S/C27H28N4O2/c1-31-24-13-7-3-9-19(24)16-25(31)27(33)30-23-12-6-4-10-21(23)26(32)28-17-20-15-14-18-8-2-5-11-22(18)29-20/h2-3,5,7-9,11,13-16,21,23H,4,6,10,12,17H2,1H3,(H,28,32)(H,30,33)/t21-,23+/m1/s1. The van der Waals surface area contributed by atoms with Gasteiger partial charge in [-0.2, -0.15) is 0 Å². The van der Waals surface area contributed by atoms with Crippen molar-refractivity contribution in [3.8, 4) is 0 Å². The highest BCUT2D eigenvalue weighted by Gasteiger charge is 2.32. The molecule has 2 heterocycles. The van der Waals surface area contributed by atoms with Gasteiger partial charge in [-0.25, -0.2) is 0 Å². The molecular formula is C27H28N4O2. The number of benzene rings is 2. The van der Waals surface area contributed by atoms with E-state index >= 15 is 0 Å². The Labute approximate surface area is 193 Å². The van der Waals surface area contributed by atoms with Crippen LogP contribution in [0.5, 0.6) is 0 Å². The normalized spacial score (nSPS) is 18.3. The van der Waals surface area contributed by atoms with Crippen LogP contribution in [-0.2, 0) is 18.4 Å². The third kappa shape index (κ3) is 4.33. The summed E-state index contributed by atoms with van der Waals surface area (Å²) in [5.41, 5.74) is 3.38. The largest absolute Gasteiger partial charge is 0.350 e. The number of hydrogen-bond acceptors (Lipinski definition) is 3. The molecule has 2 aromatic carbocycles. The smallest absolute Gasteiger partial charge is 0.268 e. The summed E-state index contributed by atoms with van der Waals surface area (Å²) < 4.78 is 1.91. The Hall–Kier alpha value is -3.67. The monoisotopic (exact) mass is 440 g/mol. The van der Waals surface area contributed by atoms with Crippen LogP contribution < -0.4 is 10.6 Å². The van der Waals surface area contributed by atoms with E-state index in [4.69, 9.17) is 0 Å². The molecular weight excluding hydrogens is 412 g/mol. The van der Waals surface area contributed by atoms with Crippen LogP contribution in [0.1, 0.15) is 41.9 Å². The molecule has 0 saturated heterocycles. The summed E-state index contributed by atoms with van der Waals surface area (Å²) in [5, 5.41) is 8.32. The SMILES string of the molecule is Cn1c(C(=O)N[C@H]2CCCC[C@H]2C(=O)NCc2ccc3ccccc3n2)cc2ccccc21. The summed E-state index contributed by atoms with van der Waals surface area (Å²) >= 11 is 0. The van der Waals surface area contributed by atoms with Crippen LogP contribution in [0.15, 0.2) is 66.7 Å². The number of nitrogens with zero attached hydrogens (tertiary/aromatic N) is 2. The number of aromatic nitrogens is 2. The van der Waals surface area contributed by atoms with Crippen molar-refractivity contribution >= 4 is 33.6 Å². The van der Waals surface area contributed by atoms with Gasteiger partial charge in [0, 0.05) is 29.4 Å². The van der Waals surface area contributed by atoms with E-state index in [2.05, 4.69) is 15.6 Å². The van der Waals surface area contributed by atoms with Crippen LogP contribution in [-0.4, -0.2) is 27.4 Å². The van der Waals surface area contributed by atoms with Crippen LogP contribution in [0, 0.1) is 5.92 Å². The van der Waals surface area contributed by atoms with Crippen LogP contribution in [0.3, 0.4) is 0 Å². The molecule has 1 aliphatic rings. The highest BCUT2D eigenvalue weighted by atomic mass is 16.2. The minimum Gasteiger partial charge on any atom is -0.350 e. The van der Waals surface area contributed by atoms with Crippen molar-refractivity contribution in [1.82, 2.24) is 20.2 Å². The van der Waals surface area contributed by atoms with E-state index < -0.39 is 0 Å². The lowest BCUT2D eigenvalue weighted by molar-refractivity contribution is -0.126. The van der Waals surface area contributed by atoms with Gasteiger partial charge in [0.25, 0.3) is 5.91 Å². The van der Waals surface area contributed by atoms with Gasteiger partial charge in [0.1, 0.15) is 5.69 Å². The van der Waals surface area contributed by atoms with E-state index in [9.17, 15) is 9.59 Å². The zero-order valence-corrected chi connectivity index (χ0v) is 18.8. The summed E-state index contributed by atoms with van der Waals surface area (Å²) in [4.78, 5) is 30.8. The fourth-order valence-electron chi connectivity index (χ4n) is 4.88. The number of hydrogen-bond donors (Lipinski definition) is 2. The fraction of sp³-hybridized carbons (Fsp3) is 0.296. The lowest BCUT2D eigenvalue weighted by Gasteiger charge is -2.31. The fourth-order valence-corrected chi connectivity index (χ4v) is 4.88. The van der Waals surface area contributed by atoms with Crippen molar-refractivity contribution in [1.29, 1.82) is 0 Å². The minimum absolute atomic E-state index is 0.0213. The van der Waals surface area contributed by atoms with Crippen molar-refractivity contribution in [2.75, 3.05) is 0 Å². The molecule has 0 spiro atoms. The second-order valence-electron chi connectivity index (χ2n) is 8.83. The van der Waals surface area contributed by atoms with E-state index in [1.54, 1.807) is 0 Å². The van der Waals surface area contributed by atoms with Crippen molar-refractivity contribution in [2.24, 2.45) is 13.0 Å². The highest BCUT2D eigenvalue weighted by molar-refractivity contribution is 5.99. The summed E-state index contributed by atoms with van der Waals surface area (Å²) in [7, 11) is 1.90. The molecule has 168 valence electrons. The Morgan fingerprint density at radius 3 is 2.58 bits per heavy atom. The molecule has 33 heavy (non-hydrogen) atoms. The van der Waals surface area contributed by atoms with Gasteiger partial charge in [-0.15, -0.1) is 0 Å². The van der Waals surface area contributed by atoms with Gasteiger partial charge in [0.05, 0.1) is 23.7 Å². The molecule has 0 radical (unpaired) electrons. The van der Waals surface area contributed by atoms with Gasteiger partial charge in [-0.05, 0) is 37.1 Å². The number of amides is 2. The number of pyridine rings is 1. The molecule has 2 aromatic heterocycles. The van der Waals surface area contributed by atoms with Crippen molar-refractivity contribution in [3.63, 3.8) is 0 Å². The van der Waals surface area contributed by atoms with E-state index in [0.29, 0.717) is 12.2 Å². The molecule has 1 saturated carbocycles. The van der Waals surface area contributed by atoms with Gasteiger partial charge in [-0.3, -0.25) is 14.6 Å². The maximum atomic E-state index is 13.1. The number of nitrogens with one attached hydrogen (secondary N) is 2. The third-order valence-electron chi connectivity index (χ3n) is 6.70.